The van der Waals surface area contributed by atoms with E-state index in [2.05, 4.69) is 17.1 Å². The predicted molar refractivity (Wildman–Crippen MR) is 112 cm³/mol. The zero-order valence-electron chi connectivity index (χ0n) is 16.2. The van der Waals surface area contributed by atoms with E-state index >= 15 is 0 Å². The van der Waals surface area contributed by atoms with Crippen molar-refractivity contribution in [1.29, 1.82) is 0 Å². The third-order valence-electron chi connectivity index (χ3n) is 5.76. The van der Waals surface area contributed by atoms with Crippen molar-refractivity contribution in [1.82, 2.24) is 9.97 Å². The van der Waals surface area contributed by atoms with Gasteiger partial charge in [-0.2, -0.15) is 13.2 Å². The Kier molecular flexibility index (Phi) is 4.60. The smallest absolute Gasteiger partial charge is 0.316 e. The fraction of sp³-hybridized carbons (Fsp3) is 0.217. The van der Waals surface area contributed by atoms with Crippen LogP contribution in [0.5, 0.6) is 0 Å². The van der Waals surface area contributed by atoms with Crippen LogP contribution in [0.4, 0.5) is 17.6 Å². The highest BCUT2D eigenvalue weighted by Crippen LogP contribution is 2.53. The Hall–Kier alpha value is -2.84. The molecule has 1 unspecified atom stereocenters. The minimum atomic E-state index is -4.64. The maximum absolute atomic E-state index is 14.6. The number of hydrogen-bond acceptors (Lipinski definition) is 4. The molecule has 0 saturated heterocycles. The van der Waals surface area contributed by atoms with E-state index in [1.807, 2.05) is 30.3 Å². The number of benzene rings is 2. The van der Waals surface area contributed by atoms with Gasteiger partial charge in [0.15, 0.2) is 0 Å². The van der Waals surface area contributed by atoms with E-state index in [9.17, 15) is 17.6 Å². The topological polar surface area (TPSA) is 51.8 Å². The summed E-state index contributed by atoms with van der Waals surface area (Å²) >= 11 is 1.22. The normalized spacial score (nSPS) is 16.4. The first kappa shape index (κ1) is 20.1. The van der Waals surface area contributed by atoms with Crippen molar-refractivity contribution in [3.63, 3.8) is 0 Å². The van der Waals surface area contributed by atoms with Crippen LogP contribution < -0.4 is 5.73 Å². The molecule has 0 amide bonds. The Bertz CT molecular complexity index is 1260. The largest absolute Gasteiger partial charge is 0.407 e. The summed E-state index contributed by atoms with van der Waals surface area (Å²) in [5, 5.41) is 0.369. The van der Waals surface area contributed by atoms with Crippen molar-refractivity contribution in [2.45, 2.75) is 30.5 Å². The monoisotopic (exact) mass is 443 g/mol. The summed E-state index contributed by atoms with van der Waals surface area (Å²) in [5.74, 6) is -0.792. The highest BCUT2D eigenvalue weighted by molar-refractivity contribution is 7.21. The minimum absolute atomic E-state index is 0.0970. The van der Waals surface area contributed by atoms with E-state index in [1.54, 1.807) is 0 Å². The van der Waals surface area contributed by atoms with Gasteiger partial charge < -0.3 is 5.73 Å². The van der Waals surface area contributed by atoms with E-state index in [0.717, 1.165) is 24.6 Å². The SMILES string of the molecule is NC(c1ccc(-c2nc3ccc(C4(c5ccccc5)CC4)nc3s2)c(F)c1)C(F)(F)F. The van der Waals surface area contributed by atoms with Gasteiger partial charge in [0.1, 0.15) is 27.2 Å². The Balaban J connectivity index is 1.50. The molecule has 0 bridgehead atoms. The lowest BCUT2D eigenvalue weighted by Gasteiger charge is -2.16. The second-order valence-electron chi connectivity index (χ2n) is 7.75. The molecule has 1 aliphatic rings. The van der Waals surface area contributed by atoms with E-state index in [0.29, 0.717) is 15.4 Å². The fourth-order valence-electron chi connectivity index (χ4n) is 3.86. The summed E-state index contributed by atoms with van der Waals surface area (Å²) in [6.45, 7) is 0. The molecule has 2 N–H and O–H groups in total. The van der Waals surface area contributed by atoms with Crippen molar-refractivity contribution in [3.05, 3.63) is 83.3 Å². The molecule has 8 heteroatoms. The maximum atomic E-state index is 14.6. The van der Waals surface area contributed by atoms with Crippen LogP contribution in [0.15, 0.2) is 60.7 Å². The van der Waals surface area contributed by atoms with Crippen LogP contribution in [0.2, 0.25) is 0 Å². The lowest BCUT2D eigenvalue weighted by molar-refractivity contribution is -0.149. The molecule has 2 heterocycles. The second-order valence-corrected chi connectivity index (χ2v) is 8.72. The number of thiazole rings is 1. The van der Waals surface area contributed by atoms with Crippen LogP contribution in [0.25, 0.3) is 20.9 Å². The van der Waals surface area contributed by atoms with Crippen molar-refractivity contribution in [3.8, 4) is 10.6 Å². The molecule has 1 fully saturated rings. The maximum Gasteiger partial charge on any atom is 0.407 e. The van der Waals surface area contributed by atoms with Crippen LogP contribution in [-0.4, -0.2) is 16.1 Å². The molecule has 0 aliphatic heterocycles. The number of aromatic nitrogens is 2. The van der Waals surface area contributed by atoms with E-state index in [4.69, 9.17) is 10.7 Å². The van der Waals surface area contributed by atoms with Crippen molar-refractivity contribution in [2.75, 3.05) is 0 Å². The first-order chi connectivity index (χ1) is 14.8. The van der Waals surface area contributed by atoms with Gasteiger partial charge in [-0.25, -0.2) is 14.4 Å². The Morgan fingerprint density at radius 1 is 0.968 bits per heavy atom. The van der Waals surface area contributed by atoms with Crippen molar-refractivity contribution < 1.29 is 17.6 Å². The number of hydrogen-bond donors (Lipinski definition) is 1. The lowest BCUT2D eigenvalue weighted by atomic mass is 9.92. The van der Waals surface area contributed by atoms with Gasteiger partial charge in [0.2, 0.25) is 0 Å². The quantitative estimate of drug-likeness (QED) is 0.386. The molecule has 1 aliphatic carbocycles. The van der Waals surface area contributed by atoms with Crippen LogP contribution in [0.1, 0.15) is 35.7 Å². The van der Waals surface area contributed by atoms with Gasteiger partial charge >= 0.3 is 6.18 Å². The van der Waals surface area contributed by atoms with Crippen LogP contribution >= 0.6 is 11.3 Å². The summed E-state index contributed by atoms with van der Waals surface area (Å²) in [4.78, 5) is 9.92. The highest BCUT2D eigenvalue weighted by atomic mass is 32.1. The zero-order chi connectivity index (χ0) is 21.8. The van der Waals surface area contributed by atoms with Crippen molar-refractivity contribution >= 4 is 21.7 Å². The molecule has 31 heavy (non-hydrogen) atoms. The molecular formula is C23H17F4N3S. The van der Waals surface area contributed by atoms with Crippen LogP contribution in [0, 0.1) is 5.82 Å². The molecule has 0 spiro atoms. The van der Waals surface area contributed by atoms with Gasteiger partial charge in [-0.15, -0.1) is 0 Å². The third-order valence-corrected chi connectivity index (χ3v) is 6.76. The van der Waals surface area contributed by atoms with Crippen LogP contribution in [0.3, 0.4) is 0 Å². The molecule has 5 rings (SSSR count). The average molecular weight is 443 g/mol. The van der Waals surface area contributed by atoms with Gasteiger partial charge in [-0.05, 0) is 48.2 Å². The third kappa shape index (κ3) is 3.49. The average Bonchev–Trinajstić information content (AvgIpc) is 3.46. The summed E-state index contributed by atoms with van der Waals surface area (Å²) in [5.41, 5.74) is 7.69. The molecule has 0 radical (unpaired) electrons. The summed E-state index contributed by atoms with van der Waals surface area (Å²) in [6.07, 6.45) is -2.62. The number of pyridine rings is 1. The second kappa shape index (κ2) is 7.10. The van der Waals surface area contributed by atoms with Gasteiger partial charge in [0.05, 0.1) is 5.69 Å². The summed E-state index contributed by atoms with van der Waals surface area (Å²) in [7, 11) is 0. The highest BCUT2D eigenvalue weighted by Gasteiger charge is 2.47. The number of halogens is 4. The minimum Gasteiger partial charge on any atom is -0.316 e. The number of nitrogens with zero attached hydrogens (tertiary/aromatic N) is 2. The lowest BCUT2D eigenvalue weighted by Crippen LogP contribution is -2.28. The van der Waals surface area contributed by atoms with Gasteiger partial charge in [-0.3, -0.25) is 0 Å². The Morgan fingerprint density at radius 3 is 2.35 bits per heavy atom. The summed E-state index contributed by atoms with van der Waals surface area (Å²) in [6, 6.07) is 15.1. The molecule has 3 nitrogen and oxygen atoms in total. The number of alkyl halides is 3. The molecule has 1 saturated carbocycles. The predicted octanol–water partition coefficient (Wildman–Crippen LogP) is 6.14. The molecule has 4 aromatic rings. The van der Waals surface area contributed by atoms with E-state index in [1.165, 1.54) is 29.0 Å². The van der Waals surface area contributed by atoms with Gasteiger partial charge in [0, 0.05) is 11.0 Å². The van der Waals surface area contributed by atoms with Crippen molar-refractivity contribution in [2.24, 2.45) is 5.73 Å². The summed E-state index contributed by atoms with van der Waals surface area (Å²) < 4.78 is 53.1. The van der Waals surface area contributed by atoms with Crippen LogP contribution in [-0.2, 0) is 5.41 Å². The molecule has 1 atom stereocenters. The molecule has 158 valence electrons. The molecule has 2 aromatic carbocycles. The Labute approximate surface area is 179 Å². The molecule has 2 aromatic heterocycles. The number of fused-ring (bicyclic) bond motifs is 1. The number of rotatable bonds is 4. The van der Waals surface area contributed by atoms with E-state index < -0.39 is 18.0 Å². The first-order valence-electron chi connectivity index (χ1n) is 9.74. The standard InChI is InChI=1S/C23H17F4N3S/c24-16-12-13(19(28)23(25,26)27)6-7-15(16)20-29-17-8-9-18(30-21(17)31-20)22(10-11-22)14-4-2-1-3-5-14/h1-9,12,19H,10-11,28H2. The zero-order valence-corrected chi connectivity index (χ0v) is 17.0. The first-order valence-corrected chi connectivity index (χ1v) is 10.6. The fourth-order valence-corrected chi connectivity index (χ4v) is 4.83. The van der Waals surface area contributed by atoms with E-state index in [-0.39, 0.29) is 16.5 Å². The van der Waals surface area contributed by atoms with Gasteiger partial charge in [0.25, 0.3) is 0 Å². The Morgan fingerprint density at radius 2 is 1.71 bits per heavy atom. The molecular weight excluding hydrogens is 426 g/mol. The number of nitrogens with two attached hydrogens (primary N) is 1. The van der Waals surface area contributed by atoms with Gasteiger partial charge in [-0.1, -0.05) is 47.7 Å².